The maximum absolute atomic E-state index is 4.09. The van der Waals surface area contributed by atoms with Gasteiger partial charge in [-0.15, -0.1) is 0 Å². The molecule has 3 rings (SSSR count). The third kappa shape index (κ3) is 1.54. The predicted molar refractivity (Wildman–Crippen MR) is 59.5 cm³/mol. The number of hydrogen-bond acceptors (Lipinski definition) is 3. The number of anilines is 1. The summed E-state index contributed by atoms with van der Waals surface area (Å²) in [5.74, 6) is 3.03. The zero-order chi connectivity index (χ0) is 9.38. The fourth-order valence-corrected chi connectivity index (χ4v) is 3.66. The Labute approximate surface area is 88.9 Å². The van der Waals surface area contributed by atoms with Crippen molar-refractivity contribution in [2.24, 2.45) is 17.8 Å². The highest BCUT2D eigenvalue weighted by atomic mass is 32.1. The van der Waals surface area contributed by atoms with E-state index in [2.05, 4.69) is 15.1 Å². The summed E-state index contributed by atoms with van der Waals surface area (Å²) in [5.41, 5.74) is 1.21. The van der Waals surface area contributed by atoms with E-state index in [0.717, 1.165) is 17.8 Å². The molecule has 1 aromatic rings. The lowest BCUT2D eigenvalue weighted by Crippen LogP contribution is -2.19. The van der Waals surface area contributed by atoms with Crippen molar-refractivity contribution < 1.29 is 0 Å². The Hall–Kier alpha value is -0.570. The van der Waals surface area contributed by atoms with Crippen molar-refractivity contribution in [3.8, 4) is 0 Å². The van der Waals surface area contributed by atoms with Gasteiger partial charge in [-0.05, 0) is 48.5 Å². The standard InChI is InChI=1S/C11H16N2S/c1-2-9-3-8(1)4-10(9)5-12-11-6-13-14-7-11/h6-10,12H,1-5H2. The summed E-state index contributed by atoms with van der Waals surface area (Å²) in [4.78, 5) is 0. The fraction of sp³-hybridized carbons (Fsp3) is 0.727. The third-order valence-electron chi connectivity index (χ3n) is 3.89. The van der Waals surface area contributed by atoms with Gasteiger partial charge in [-0.3, -0.25) is 0 Å². The maximum atomic E-state index is 4.09. The zero-order valence-electron chi connectivity index (χ0n) is 8.28. The van der Waals surface area contributed by atoms with E-state index in [9.17, 15) is 0 Å². The fourth-order valence-electron chi connectivity index (χ4n) is 3.17. The molecule has 2 saturated carbocycles. The van der Waals surface area contributed by atoms with Crippen LogP contribution in [0.3, 0.4) is 0 Å². The van der Waals surface area contributed by atoms with Gasteiger partial charge < -0.3 is 5.32 Å². The summed E-state index contributed by atoms with van der Waals surface area (Å²) in [5, 5.41) is 5.59. The van der Waals surface area contributed by atoms with Crippen LogP contribution in [-0.4, -0.2) is 10.9 Å². The largest absolute Gasteiger partial charge is 0.383 e. The predicted octanol–water partition coefficient (Wildman–Crippen LogP) is 2.99. The molecule has 0 spiro atoms. The molecule has 0 amide bonds. The first-order valence-electron chi connectivity index (χ1n) is 5.55. The second-order valence-electron chi connectivity index (χ2n) is 4.73. The highest BCUT2D eigenvalue weighted by molar-refractivity contribution is 7.04. The Morgan fingerprint density at radius 2 is 2.43 bits per heavy atom. The number of nitrogens with zero attached hydrogens (tertiary/aromatic N) is 1. The van der Waals surface area contributed by atoms with Gasteiger partial charge in [0, 0.05) is 11.9 Å². The Morgan fingerprint density at radius 1 is 1.43 bits per heavy atom. The Kier molecular flexibility index (Phi) is 2.20. The van der Waals surface area contributed by atoms with E-state index < -0.39 is 0 Å². The van der Waals surface area contributed by atoms with Crippen LogP contribution in [0.2, 0.25) is 0 Å². The molecule has 0 saturated heterocycles. The van der Waals surface area contributed by atoms with Gasteiger partial charge >= 0.3 is 0 Å². The quantitative estimate of drug-likeness (QED) is 0.826. The molecule has 2 aliphatic rings. The van der Waals surface area contributed by atoms with E-state index >= 15 is 0 Å². The molecule has 2 bridgehead atoms. The summed E-state index contributed by atoms with van der Waals surface area (Å²) in [7, 11) is 0. The van der Waals surface area contributed by atoms with Crippen LogP contribution in [0.25, 0.3) is 0 Å². The van der Waals surface area contributed by atoms with Gasteiger partial charge in [-0.25, -0.2) is 0 Å². The summed E-state index contributed by atoms with van der Waals surface area (Å²) >= 11 is 1.52. The van der Waals surface area contributed by atoms with Gasteiger partial charge in [0.05, 0.1) is 11.9 Å². The monoisotopic (exact) mass is 208 g/mol. The first-order valence-corrected chi connectivity index (χ1v) is 6.39. The van der Waals surface area contributed by atoms with Crippen molar-refractivity contribution in [2.75, 3.05) is 11.9 Å². The van der Waals surface area contributed by atoms with E-state index in [-0.39, 0.29) is 0 Å². The second kappa shape index (κ2) is 3.54. The lowest BCUT2D eigenvalue weighted by atomic mass is 9.89. The number of nitrogens with one attached hydrogen (secondary N) is 1. The first kappa shape index (κ1) is 8.72. The second-order valence-corrected chi connectivity index (χ2v) is 5.39. The van der Waals surface area contributed by atoms with Gasteiger partial charge in [0.25, 0.3) is 0 Å². The zero-order valence-corrected chi connectivity index (χ0v) is 9.09. The van der Waals surface area contributed by atoms with Crippen LogP contribution >= 0.6 is 11.5 Å². The molecule has 2 aliphatic carbocycles. The average Bonchev–Trinajstić information content (AvgIpc) is 2.91. The highest BCUT2D eigenvalue weighted by Gasteiger charge is 2.38. The van der Waals surface area contributed by atoms with Gasteiger partial charge in [0.1, 0.15) is 0 Å². The number of hydrogen-bond donors (Lipinski definition) is 1. The van der Waals surface area contributed by atoms with E-state index in [0.29, 0.717) is 0 Å². The maximum Gasteiger partial charge on any atom is 0.0653 e. The van der Waals surface area contributed by atoms with Crippen LogP contribution in [0, 0.1) is 17.8 Å². The first-order chi connectivity index (χ1) is 6.92. The Morgan fingerprint density at radius 3 is 3.07 bits per heavy atom. The van der Waals surface area contributed by atoms with E-state index in [1.54, 1.807) is 0 Å². The molecule has 2 fully saturated rings. The molecule has 1 heterocycles. The lowest BCUT2D eigenvalue weighted by molar-refractivity contribution is 0.348. The normalized spacial score (nSPS) is 35.0. The van der Waals surface area contributed by atoms with Crippen LogP contribution in [-0.2, 0) is 0 Å². The molecule has 3 heteroatoms. The topological polar surface area (TPSA) is 24.9 Å². The number of fused-ring (bicyclic) bond motifs is 2. The molecule has 1 aromatic heterocycles. The number of aromatic nitrogens is 1. The molecule has 0 aromatic carbocycles. The van der Waals surface area contributed by atoms with Gasteiger partial charge in [0.15, 0.2) is 0 Å². The molecule has 3 atom stereocenters. The molecule has 0 radical (unpaired) electrons. The summed E-state index contributed by atoms with van der Waals surface area (Å²) < 4.78 is 4.09. The highest BCUT2D eigenvalue weighted by Crippen LogP contribution is 2.48. The van der Waals surface area contributed by atoms with Crippen LogP contribution in [0.1, 0.15) is 25.7 Å². The molecular formula is C11H16N2S. The Bertz CT molecular complexity index is 296. The van der Waals surface area contributed by atoms with Gasteiger partial charge in [-0.1, -0.05) is 6.42 Å². The van der Waals surface area contributed by atoms with Crippen molar-refractivity contribution in [2.45, 2.75) is 25.7 Å². The molecule has 2 nitrogen and oxygen atoms in total. The van der Waals surface area contributed by atoms with Crippen LogP contribution in [0.15, 0.2) is 11.6 Å². The van der Waals surface area contributed by atoms with E-state index in [1.165, 1.54) is 49.4 Å². The van der Waals surface area contributed by atoms with Crippen molar-refractivity contribution in [1.82, 2.24) is 4.37 Å². The van der Waals surface area contributed by atoms with Crippen molar-refractivity contribution in [3.05, 3.63) is 11.6 Å². The van der Waals surface area contributed by atoms with Crippen molar-refractivity contribution in [1.29, 1.82) is 0 Å². The molecule has 76 valence electrons. The number of rotatable bonds is 3. The molecule has 1 N–H and O–H groups in total. The van der Waals surface area contributed by atoms with Crippen molar-refractivity contribution in [3.63, 3.8) is 0 Å². The van der Waals surface area contributed by atoms with Crippen LogP contribution < -0.4 is 5.32 Å². The molecule has 14 heavy (non-hydrogen) atoms. The SMILES string of the molecule is c1nscc1NCC1CC2CCC1C2. The molecule has 0 aliphatic heterocycles. The smallest absolute Gasteiger partial charge is 0.0653 e. The average molecular weight is 208 g/mol. The lowest BCUT2D eigenvalue weighted by Gasteiger charge is -2.21. The summed E-state index contributed by atoms with van der Waals surface area (Å²) in [6, 6.07) is 0. The summed E-state index contributed by atoms with van der Waals surface area (Å²) in [6.07, 6.45) is 7.89. The Balaban J connectivity index is 1.54. The van der Waals surface area contributed by atoms with Gasteiger partial charge in [0.2, 0.25) is 0 Å². The van der Waals surface area contributed by atoms with Crippen LogP contribution in [0.4, 0.5) is 5.69 Å². The molecular weight excluding hydrogens is 192 g/mol. The summed E-state index contributed by atoms with van der Waals surface area (Å²) in [6.45, 7) is 1.17. The minimum atomic E-state index is 0.939. The third-order valence-corrected chi connectivity index (χ3v) is 4.47. The van der Waals surface area contributed by atoms with Gasteiger partial charge in [-0.2, -0.15) is 4.37 Å². The van der Waals surface area contributed by atoms with E-state index in [4.69, 9.17) is 0 Å². The molecule has 3 unspecified atom stereocenters. The minimum Gasteiger partial charge on any atom is -0.383 e. The van der Waals surface area contributed by atoms with Crippen LogP contribution in [0.5, 0.6) is 0 Å². The van der Waals surface area contributed by atoms with E-state index in [1.807, 2.05) is 6.20 Å². The minimum absolute atomic E-state index is 0.939. The van der Waals surface area contributed by atoms with Crippen molar-refractivity contribution >= 4 is 17.2 Å².